The molecule has 3 aliphatic heterocycles. The standard InChI is InChI=1S/C33H35NO9/c1-13-10-18-24(29-22(13)19(35)11-21(42-29)33(5)31(43-33)28-14(2)41-28)27(38)23-17(25(18)36)9-8-16(26(23)37)20-12-32(4,34(6)7)30(39)15(3)40-20/h8-11,14-15,20,28,30-31,37,39H,12H2,1-7H3/t14-,15-,20-,28+,30-,31-,32+,33+/m0/s1. The highest BCUT2D eigenvalue weighted by atomic mass is 16.7. The molecule has 10 heteroatoms. The van der Waals surface area contributed by atoms with Crippen molar-refractivity contribution in [1.82, 2.24) is 4.90 Å². The summed E-state index contributed by atoms with van der Waals surface area (Å²) in [6, 6.07) is 6.06. The van der Waals surface area contributed by atoms with E-state index in [0.717, 1.165) is 0 Å². The van der Waals surface area contributed by atoms with E-state index < -0.39 is 41.0 Å². The third kappa shape index (κ3) is 3.87. The molecule has 3 aromatic rings. The Morgan fingerprint density at radius 1 is 0.953 bits per heavy atom. The minimum absolute atomic E-state index is 0.00242. The molecule has 0 saturated carbocycles. The minimum atomic E-state index is -0.910. The Hall–Kier alpha value is -3.41. The molecule has 0 bridgehead atoms. The van der Waals surface area contributed by atoms with Crippen LogP contribution in [0.15, 0.2) is 33.5 Å². The number of benzene rings is 2. The van der Waals surface area contributed by atoms with Crippen molar-refractivity contribution in [3.63, 3.8) is 0 Å². The van der Waals surface area contributed by atoms with Gasteiger partial charge in [0, 0.05) is 28.3 Å². The van der Waals surface area contributed by atoms with Gasteiger partial charge in [-0.3, -0.25) is 14.4 Å². The minimum Gasteiger partial charge on any atom is -0.507 e. The van der Waals surface area contributed by atoms with Crippen LogP contribution in [0.3, 0.4) is 0 Å². The molecule has 43 heavy (non-hydrogen) atoms. The quantitative estimate of drug-likeness (QED) is 0.340. The molecule has 3 fully saturated rings. The Morgan fingerprint density at radius 2 is 1.65 bits per heavy atom. The van der Waals surface area contributed by atoms with Crippen molar-refractivity contribution in [1.29, 1.82) is 0 Å². The molecule has 2 aromatic carbocycles. The maximum absolute atomic E-state index is 14.3. The fourth-order valence-electron chi connectivity index (χ4n) is 7.07. The lowest BCUT2D eigenvalue weighted by molar-refractivity contribution is -0.176. The van der Waals surface area contributed by atoms with Crippen LogP contribution in [0.1, 0.15) is 88.9 Å². The second kappa shape index (κ2) is 9.06. The molecule has 0 unspecified atom stereocenters. The van der Waals surface area contributed by atoms with Crippen molar-refractivity contribution in [2.24, 2.45) is 0 Å². The number of aryl methyl sites for hydroxylation is 1. The summed E-state index contributed by atoms with van der Waals surface area (Å²) in [5.41, 5.74) is -1.14. The number of carbonyl (C=O) groups is 2. The fourth-order valence-corrected chi connectivity index (χ4v) is 7.07. The van der Waals surface area contributed by atoms with Crippen molar-refractivity contribution in [2.45, 2.75) is 88.8 Å². The number of aromatic hydroxyl groups is 1. The second-order valence-corrected chi connectivity index (χ2v) is 13.1. The van der Waals surface area contributed by atoms with Crippen LogP contribution in [0.5, 0.6) is 5.75 Å². The number of epoxide rings is 2. The van der Waals surface area contributed by atoms with E-state index in [1.54, 1.807) is 19.9 Å². The monoisotopic (exact) mass is 589 g/mol. The number of hydrogen-bond acceptors (Lipinski definition) is 10. The zero-order valence-corrected chi connectivity index (χ0v) is 25.2. The van der Waals surface area contributed by atoms with Crippen LogP contribution >= 0.6 is 0 Å². The topological polar surface area (TPSA) is 142 Å². The molecule has 10 nitrogen and oxygen atoms in total. The molecule has 8 atom stereocenters. The summed E-state index contributed by atoms with van der Waals surface area (Å²) in [7, 11) is 3.74. The number of ketones is 2. The van der Waals surface area contributed by atoms with Crippen molar-refractivity contribution >= 4 is 22.5 Å². The van der Waals surface area contributed by atoms with E-state index in [1.807, 2.05) is 39.8 Å². The number of hydrogen-bond donors (Lipinski definition) is 2. The first-order chi connectivity index (χ1) is 20.2. The molecule has 4 aliphatic rings. The van der Waals surface area contributed by atoms with E-state index >= 15 is 0 Å². The number of fused-ring (bicyclic) bond motifs is 4. The third-order valence-corrected chi connectivity index (χ3v) is 10.2. The van der Waals surface area contributed by atoms with Crippen LogP contribution in [-0.4, -0.2) is 76.8 Å². The van der Waals surface area contributed by atoms with Crippen molar-refractivity contribution in [3.8, 4) is 5.75 Å². The van der Waals surface area contributed by atoms with Gasteiger partial charge in [0.1, 0.15) is 29.3 Å². The number of likely N-dealkylation sites (N-methyl/N-ethyl adjacent to an activating group) is 1. The average molecular weight is 590 g/mol. The number of carbonyl (C=O) groups excluding carboxylic acids is 2. The maximum atomic E-state index is 14.3. The number of aliphatic hydroxyl groups excluding tert-OH is 1. The largest absolute Gasteiger partial charge is 0.507 e. The lowest BCUT2D eigenvalue weighted by Crippen LogP contribution is -2.59. The molecule has 226 valence electrons. The zero-order chi connectivity index (χ0) is 30.9. The van der Waals surface area contributed by atoms with E-state index in [4.69, 9.17) is 18.6 Å². The Morgan fingerprint density at radius 3 is 2.30 bits per heavy atom. The van der Waals surface area contributed by atoms with Gasteiger partial charge >= 0.3 is 0 Å². The molecular weight excluding hydrogens is 554 g/mol. The smallest absolute Gasteiger partial charge is 0.202 e. The van der Waals surface area contributed by atoms with Gasteiger partial charge in [-0.05, 0) is 72.8 Å². The van der Waals surface area contributed by atoms with Gasteiger partial charge in [0.25, 0.3) is 0 Å². The van der Waals surface area contributed by atoms with Gasteiger partial charge < -0.3 is 33.7 Å². The Bertz CT molecular complexity index is 1810. The SMILES string of the molecule is Cc1cc2c(c3oc([C@@]4(C)O[C@H]4[C@@H]4O[C@H]4C)cc(=O)c13)C(=O)c1c(ccc([C@@H]3C[C@@](C)(N(C)C)[C@@H](O)[C@H](C)O3)c1O)C2=O. The first-order valence-electron chi connectivity index (χ1n) is 14.6. The van der Waals surface area contributed by atoms with Crippen molar-refractivity contribution in [2.75, 3.05) is 14.1 Å². The Kier molecular flexibility index (Phi) is 5.97. The van der Waals surface area contributed by atoms with Gasteiger partial charge in [0.05, 0.1) is 40.9 Å². The summed E-state index contributed by atoms with van der Waals surface area (Å²) in [4.78, 5) is 43.5. The van der Waals surface area contributed by atoms with Crippen LogP contribution in [0.2, 0.25) is 0 Å². The van der Waals surface area contributed by atoms with E-state index in [1.165, 1.54) is 18.2 Å². The zero-order valence-electron chi connectivity index (χ0n) is 25.2. The van der Waals surface area contributed by atoms with Crippen LogP contribution in [0, 0.1) is 6.92 Å². The van der Waals surface area contributed by atoms with Gasteiger partial charge in [-0.2, -0.15) is 0 Å². The molecular formula is C33H35NO9. The van der Waals surface area contributed by atoms with E-state index in [2.05, 4.69) is 0 Å². The summed E-state index contributed by atoms with van der Waals surface area (Å²) < 4.78 is 23.9. The average Bonchev–Trinajstić information content (AvgIpc) is 3.85. The molecule has 4 heterocycles. The van der Waals surface area contributed by atoms with Gasteiger partial charge in [-0.15, -0.1) is 0 Å². The molecule has 7 rings (SSSR count). The molecule has 1 aromatic heterocycles. The number of rotatable bonds is 4. The van der Waals surface area contributed by atoms with Crippen LogP contribution in [0.25, 0.3) is 11.0 Å². The van der Waals surface area contributed by atoms with Crippen molar-refractivity contribution < 1.29 is 38.4 Å². The molecule has 0 radical (unpaired) electrons. The maximum Gasteiger partial charge on any atom is 0.202 e. The molecule has 1 aliphatic carbocycles. The first-order valence-corrected chi connectivity index (χ1v) is 14.6. The van der Waals surface area contributed by atoms with Crippen LogP contribution < -0.4 is 5.43 Å². The van der Waals surface area contributed by atoms with Crippen LogP contribution in [-0.2, 0) is 19.8 Å². The summed E-state index contributed by atoms with van der Waals surface area (Å²) in [5, 5.41) is 22.7. The second-order valence-electron chi connectivity index (χ2n) is 13.1. The number of aliphatic hydroxyl groups is 1. The fraction of sp³-hybridized carbons (Fsp3) is 0.485. The highest BCUT2D eigenvalue weighted by Crippen LogP contribution is 2.53. The normalized spacial score (nSPS) is 34.8. The first kappa shape index (κ1) is 28.4. The molecule has 3 saturated heterocycles. The van der Waals surface area contributed by atoms with Gasteiger partial charge in [0.2, 0.25) is 5.78 Å². The van der Waals surface area contributed by atoms with Crippen LogP contribution in [0.4, 0.5) is 0 Å². The lowest BCUT2D eigenvalue weighted by Gasteiger charge is -2.49. The molecule has 0 spiro atoms. The highest BCUT2D eigenvalue weighted by Gasteiger charge is 2.66. The number of ether oxygens (including phenoxy) is 3. The number of nitrogens with zero attached hydrogens (tertiary/aromatic N) is 1. The van der Waals surface area contributed by atoms with Gasteiger partial charge in [0.15, 0.2) is 16.8 Å². The highest BCUT2D eigenvalue weighted by molar-refractivity contribution is 6.32. The summed E-state index contributed by atoms with van der Waals surface area (Å²) in [6.45, 7) is 9.12. The molecule has 0 amide bonds. The predicted octanol–water partition coefficient (Wildman–Crippen LogP) is 3.51. The number of phenolic OH excluding ortho intramolecular Hbond substituents is 1. The number of phenols is 1. The Labute approximate surface area is 248 Å². The third-order valence-electron chi connectivity index (χ3n) is 10.2. The molecule has 2 N–H and O–H groups in total. The summed E-state index contributed by atoms with van der Waals surface area (Å²) >= 11 is 0. The van der Waals surface area contributed by atoms with E-state index in [-0.39, 0.29) is 68.5 Å². The van der Waals surface area contributed by atoms with E-state index in [9.17, 15) is 24.6 Å². The van der Waals surface area contributed by atoms with Gasteiger partial charge in [-0.25, -0.2) is 0 Å². The summed E-state index contributed by atoms with van der Waals surface area (Å²) in [5.74, 6) is -1.18. The van der Waals surface area contributed by atoms with E-state index in [0.29, 0.717) is 17.5 Å². The van der Waals surface area contributed by atoms with Gasteiger partial charge in [-0.1, -0.05) is 6.07 Å². The Balaban J connectivity index is 1.36. The predicted molar refractivity (Wildman–Crippen MR) is 155 cm³/mol. The summed E-state index contributed by atoms with van der Waals surface area (Å²) in [6.07, 6.45) is -2.03. The lowest BCUT2D eigenvalue weighted by atomic mass is 9.77. The van der Waals surface area contributed by atoms with Crippen molar-refractivity contribution in [3.05, 3.63) is 73.6 Å².